The van der Waals surface area contributed by atoms with E-state index in [1.807, 2.05) is 0 Å². The normalized spacial score (nSPS) is 45.0. The molecule has 0 radical (unpaired) electrons. The summed E-state index contributed by atoms with van der Waals surface area (Å²) in [6, 6.07) is 0. The quantitative estimate of drug-likeness (QED) is 0.604. The predicted molar refractivity (Wildman–Crippen MR) is 48.9 cm³/mol. The minimum absolute atomic E-state index is 0.0156. The molecule has 0 aromatic rings. The SMILES string of the molecule is OC1CCC2(CCCS2)CC1. The van der Waals surface area contributed by atoms with E-state index in [9.17, 15) is 5.11 Å². The van der Waals surface area contributed by atoms with E-state index < -0.39 is 0 Å². The lowest BCUT2D eigenvalue weighted by Crippen LogP contribution is -2.30. The maximum absolute atomic E-state index is 9.34. The van der Waals surface area contributed by atoms with Crippen LogP contribution >= 0.6 is 11.8 Å². The molecule has 2 aliphatic rings. The van der Waals surface area contributed by atoms with Crippen molar-refractivity contribution >= 4 is 11.8 Å². The average molecular weight is 172 g/mol. The van der Waals surface area contributed by atoms with Crippen LogP contribution in [0.3, 0.4) is 0 Å². The molecule has 11 heavy (non-hydrogen) atoms. The largest absolute Gasteiger partial charge is 0.393 e. The molecule has 1 aliphatic heterocycles. The van der Waals surface area contributed by atoms with Gasteiger partial charge in [0.05, 0.1) is 6.10 Å². The van der Waals surface area contributed by atoms with Crippen molar-refractivity contribution in [2.24, 2.45) is 0 Å². The van der Waals surface area contributed by atoms with Crippen LogP contribution in [-0.2, 0) is 0 Å². The lowest BCUT2D eigenvalue weighted by molar-refractivity contribution is 0.116. The molecule has 2 heteroatoms. The van der Waals surface area contributed by atoms with Gasteiger partial charge in [-0.3, -0.25) is 0 Å². The van der Waals surface area contributed by atoms with Gasteiger partial charge in [0.15, 0.2) is 0 Å². The van der Waals surface area contributed by atoms with Crippen molar-refractivity contribution in [3.05, 3.63) is 0 Å². The van der Waals surface area contributed by atoms with Crippen LogP contribution in [-0.4, -0.2) is 21.7 Å². The van der Waals surface area contributed by atoms with E-state index in [0.717, 1.165) is 12.8 Å². The van der Waals surface area contributed by atoms with Gasteiger partial charge in [0.25, 0.3) is 0 Å². The highest BCUT2D eigenvalue weighted by molar-refractivity contribution is 8.00. The molecule has 0 bridgehead atoms. The molecule has 1 spiro atoms. The molecule has 1 saturated heterocycles. The summed E-state index contributed by atoms with van der Waals surface area (Å²) >= 11 is 2.16. The Labute approximate surface area is 72.6 Å². The van der Waals surface area contributed by atoms with E-state index in [4.69, 9.17) is 0 Å². The number of rotatable bonds is 0. The van der Waals surface area contributed by atoms with Gasteiger partial charge in [-0.25, -0.2) is 0 Å². The van der Waals surface area contributed by atoms with Gasteiger partial charge >= 0.3 is 0 Å². The highest BCUT2D eigenvalue weighted by Crippen LogP contribution is 2.48. The summed E-state index contributed by atoms with van der Waals surface area (Å²) in [5.74, 6) is 1.36. The Kier molecular flexibility index (Phi) is 2.15. The van der Waals surface area contributed by atoms with Crippen molar-refractivity contribution < 1.29 is 5.11 Å². The first-order valence-electron chi connectivity index (χ1n) is 4.63. The molecule has 0 aromatic carbocycles. The van der Waals surface area contributed by atoms with Gasteiger partial charge < -0.3 is 5.11 Å². The summed E-state index contributed by atoms with van der Waals surface area (Å²) in [5, 5.41) is 9.34. The Hall–Kier alpha value is 0.310. The van der Waals surface area contributed by atoms with Gasteiger partial charge in [-0.05, 0) is 44.3 Å². The molecule has 1 nitrogen and oxygen atoms in total. The van der Waals surface area contributed by atoms with E-state index in [1.165, 1.54) is 31.4 Å². The fourth-order valence-corrected chi connectivity index (χ4v) is 3.81. The van der Waals surface area contributed by atoms with Gasteiger partial charge in [-0.15, -0.1) is 0 Å². The second kappa shape index (κ2) is 2.98. The van der Waals surface area contributed by atoms with Gasteiger partial charge in [0, 0.05) is 4.75 Å². The third kappa shape index (κ3) is 1.57. The first-order valence-corrected chi connectivity index (χ1v) is 5.61. The highest BCUT2D eigenvalue weighted by atomic mass is 32.2. The second-order valence-corrected chi connectivity index (χ2v) is 5.43. The van der Waals surface area contributed by atoms with E-state index in [1.54, 1.807) is 0 Å². The summed E-state index contributed by atoms with van der Waals surface area (Å²) in [6.45, 7) is 0. The number of thioether (sulfide) groups is 1. The van der Waals surface area contributed by atoms with Crippen LogP contribution in [0.15, 0.2) is 0 Å². The summed E-state index contributed by atoms with van der Waals surface area (Å²) in [6.07, 6.45) is 7.45. The van der Waals surface area contributed by atoms with E-state index in [0.29, 0.717) is 4.75 Å². The van der Waals surface area contributed by atoms with Crippen LogP contribution in [0, 0.1) is 0 Å². The Balaban J connectivity index is 1.94. The highest BCUT2D eigenvalue weighted by Gasteiger charge is 2.37. The minimum Gasteiger partial charge on any atom is -0.393 e. The maximum atomic E-state index is 9.34. The van der Waals surface area contributed by atoms with Crippen LogP contribution in [0.5, 0.6) is 0 Å². The van der Waals surface area contributed by atoms with Gasteiger partial charge in [0.1, 0.15) is 0 Å². The van der Waals surface area contributed by atoms with Crippen LogP contribution in [0.25, 0.3) is 0 Å². The molecule has 0 aromatic heterocycles. The average Bonchev–Trinajstić information content (AvgIpc) is 2.45. The summed E-state index contributed by atoms with van der Waals surface area (Å²) in [4.78, 5) is 0. The molecule has 64 valence electrons. The smallest absolute Gasteiger partial charge is 0.0541 e. The van der Waals surface area contributed by atoms with Gasteiger partial charge in [-0.1, -0.05) is 0 Å². The van der Waals surface area contributed by atoms with Gasteiger partial charge in [0.2, 0.25) is 0 Å². The molecule has 1 N–H and O–H groups in total. The second-order valence-electron chi connectivity index (χ2n) is 3.87. The van der Waals surface area contributed by atoms with Crippen molar-refractivity contribution in [3.8, 4) is 0 Å². The van der Waals surface area contributed by atoms with Crippen molar-refractivity contribution in [2.45, 2.75) is 49.4 Å². The molecular formula is C9H16OS. The molecule has 0 atom stereocenters. The van der Waals surface area contributed by atoms with Crippen molar-refractivity contribution in [3.63, 3.8) is 0 Å². The third-order valence-corrected chi connectivity index (χ3v) is 4.77. The topological polar surface area (TPSA) is 20.2 Å². The summed E-state index contributed by atoms with van der Waals surface area (Å²) in [5.41, 5.74) is 0. The van der Waals surface area contributed by atoms with E-state index in [2.05, 4.69) is 11.8 Å². The third-order valence-electron chi connectivity index (χ3n) is 3.05. The lowest BCUT2D eigenvalue weighted by Gasteiger charge is -2.34. The number of hydrogen-bond donors (Lipinski definition) is 1. The lowest BCUT2D eigenvalue weighted by atomic mass is 9.84. The fourth-order valence-electron chi connectivity index (χ4n) is 2.28. The Morgan fingerprint density at radius 2 is 1.91 bits per heavy atom. The molecule has 2 rings (SSSR count). The maximum Gasteiger partial charge on any atom is 0.0541 e. The zero-order valence-electron chi connectivity index (χ0n) is 6.88. The van der Waals surface area contributed by atoms with Gasteiger partial charge in [-0.2, -0.15) is 11.8 Å². The van der Waals surface area contributed by atoms with Crippen LogP contribution in [0.4, 0.5) is 0 Å². The number of aliphatic hydroxyl groups is 1. The number of aliphatic hydroxyl groups excluding tert-OH is 1. The Bertz CT molecular complexity index is 130. The zero-order valence-corrected chi connectivity index (χ0v) is 7.70. The van der Waals surface area contributed by atoms with Crippen molar-refractivity contribution in [2.75, 3.05) is 5.75 Å². The standard InChI is InChI=1S/C9H16OS/c10-8-2-5-9(6-3-8)4-1-7-11-9/h8,10H,1-7H2. The molecule has 1 aliphatic carbocycles. The first-order chi connectivity index (χ1) is 5.31. The molecule has 0 unspecified atom stereocenters. The fraction of sp³-hybridized carbons (Fsp3) is 1.00. The van der Waals surface area contributed by atoms with E-state index >= 15 is 0 Å². The summed E-state index contributed by atoms with van der Waals surface area (Å²) < 4.78 is 0.610. The van der Waals surface area contributed by atoms with Crippen LogP contribution in [0.1, 0.15) is 38.5 Å². The van der Waals surface area contributed by atoms with Crippen molar-refractivity contribution in [1.29, 1.82) is 0 Å². The Morgan fingerprint density at radius 3 is 2.45 bits per heavy atom. The first kappa shape index (κ1) is 7.93. The molecule has 0 amide bonds. The molecule has 2 fully saturated rings. The van der Waals surface area contributed by atoms with Crippen molar-refractivity contribution in [1.82, 2.24) is 0 Å². The molecular weight excluding hydrogens is 156 g/mol. The monoisotopic (exact) mass is 172 g/mol. The predicted octanol–water partition coefficient (Wildman–Crippen LogP) is 2.19. The number of hydrogen-bond acceptors (Lipinski definition) is 2. The zero-order chi connectivity index (χ0) is 7.73. The summed E-state index contributed by atoms with van der Waals surface area (Å²) in [7, 11) is 0. The molecule has 1 saturated carbocycles. The molecule has 1 heterocycles. The minimum atomic E-state index is 0.0156. The van der Waals surface area contributed by atoms with Crippen LogP contribution < -0.4 is 0 Å². The Morgan fingerprint density at radius 1 is 1.18 bits per heavy atom. The van der Waals surface area contributed by atoms with E-state index in [-0.39, 0.29) is 6.10 Å². The van der Waals surface area contributed by atoms with Crippen LogP contribution in [0.2, 0.25) is 0 Å².